The molecule has 12 aromatic rings. The van der Waals surface area contributed by atoms with E-state index in [4.69, 9.17) is 0 Å². The summed E-state index contributed by atoms with van der Waals surface area (Å²) in [5, 5.41) is 2.50. The average molecular weight is 1220 g/mol. The fraction of sp³-hybridized carbons (Fsp3) is 0.267. The van der Waals surface area contributed by atoms with Crippen LogP contribution in [0.3, 0.4) is 0 Å². The number of hydrogen-bond acceptors (Lipinski definition) is 2. The summed E-state index contributed by atoms with van der Waals surface area (Å²) in [6.45, 7) is 33.3. The van der Waals surface area contributed by atoms with Gasteiger partial charge in [0, 0.05) is 50.6 Å². The summed E-state index contributed by atoms with van der Waals surface area (Å²) in [7, 11) is 0. The van der Waals surface area contributed by atoms with E-state index in [9.17, 15) is 0 Å². The Bertz CT molecular complexity index is 4980. The molecule has 4 heteroatoms. The molecule has 0 spiro atoms. The van der Waals surface area contributed by atoms with E-state index in [1.807, 2.05) is 0 Å². The number of aromatic nitrogens is 1. The molecule has 3 heterocycles. The fourth-order valence-electron chi connectivity index (χ4n) is 16.9. The largest absolute Gasteiger partial charge is 0.311 e. The van der Waals surface area contributed by atoms with E-state index in [1.165, 1.54) is 165 Å². The number of hydrogen-bond donors (Lipinski definition) is 0. The van der Waals surface area contributed by atoms with Crippen LogP contribution >= 0.6 is 0 Å². The Hall–Kier alpha value is -9.12. The van der Waals surface area contributed by atoms with Crippen LogP contribution in [0.4, 0.5) is 34.1 Å². The maximum absolute atomic E-state index is 2.63. The van der Waals surface area contributed by atoms with Gasteiger partial charge in [-0.3, -0.25) is 0 Å². The van der Waals surface area contributed by atoms with E-state index < -0.39 is 0 Å². The predicted molar refractivity (Wildman–Crippen MR) is 405 cm³/mol. The zero-order chi connectivity index (χ0) is 65.2. The summed E-state index contributed by atoms with van der Waals surface area (Å²) in [6, 6.07) is 89.9. The highest BCUT2D eigenvalue weighted by molar-refractivity contribution is 7.00. The Morgan fingerprint density at radius 3 is 1.28 bits per heavy atom. The van der Waals surface area contributed by atoms with E-state index in [0.717, 1.165) is 17.1 Å². The number of benzene rings is 11. The lowest BCUT2D eigenvalue weighted by molar-refractivity contribution is 0.332. The van der Waals surface area contributed by atoms with Gasteiger partial charge in [0.05, 0.1) is 11.0 Å². The molecule has 0 N–H and O–H groups in total. The first-order chi connectivity index (χ1) is 44.8. The lowest BCUT2D eigenvalue weighted by atomic mass is 9.33. The second kappa shape index (κ2) is 21.2. The quantitative estimate of drug-likeness (QED) is 0.147. The van der Waals surface area contributed by atoms with Gasteiger partial charge in [-0.05, 0) is 219 Å². The summed E-state index contributed by atoms with van der Waals surface area (Å²) in [5.74, 6) is 0. The van der Waals surface area contributed by atoms with Crippen molar-refractivity contribution in [1.82, 2.24) is 4.57 Å². The Kier molecular flexibility index (Phi) is 13.5. The van der Waals surface area contributed by atoms with E-state index in [2.05, 4.69) is 342 Å². The van der Waals surface area contributed by atoms with Crippen molar-refractivity contribution in [3.05, 3.63) is 264 Å². The highest BCUT2D eigenvalue weighted by Crippen LogP contribution is 2.52. The SMILES string of the molecule is CC(C)(C)c1ccc(-c2cc3c4c(c2)N(c2ccc(-c5ccc6c(c5)C(C)(C)CCC6(C)C)cc2)c2cc(-n5c6ccccc6c6ccccc65)ccc2B4c2cc(-c4ccccc4C(C)(C)C)ccc2N3c2ccc(-c3ccc4c(c3)C(C)(C)CCC4(C)C)cc2)cc1. The van der Waals surface area contributed by atoms with Gasteiger partial charge in [-0.15, -0.1) is 0 Å². The lowest BCUT2D eigenvalue weighted by Gasteiger charge is -2.45. The number of nitrogens with zero attached hydrogens (tertiary/aromatic N) is 3. The van der Waals surface area contributed by atoms with E-state index in [0.29, 0.717) is 0 Å². The Morgan fingerprint density at radius 1 is 0.319 bits per heavy atom. The van der Waals surface area contributed by atoms with Crippen LogP contribution in [0.2, 0.25) is 0 Å². The van der Waals surface area contributed by atoms with Gasteiger partial charge in [0.15, 0.2) is 0 Å². The Morgan fingerprint density at radius 2 is 0.755 bits per heavy atom. The van der Waals surface area contributed by atoms with Gasteiger partial charge in [-0.2, -0.15) is 0 Å². The van der Waals surface area contributed by atoms with Crippen LogP contribution in [-0.2, 0) is 32.5 Å². The average Bonchev–Trinajstić information content (AvgIpc) is 0.727. The van der Waals surface area contributed by atoms with Gasteiger partial charge in [0.2, 0.25) is 0 Å². The minimum absolute atomic E-state index is 0.00502. The van der Waals surface area contributed by atoms with Crippen LogP contribution in [-0.4, -0.2) is 11.3 Å². The lowest BCUT2D eigenvalue weighted by Crippen LogP contribution is -2.61. The number of anilines is 6. The molecule has 4 aliphatic rings. The summed E-state index contributed by atoms with van der Waals surface area (Å²) in [5.41, 5.74) is 33.3. The summed E-state index contributed by atoms with van der Waals surface area (Å²) >= 11 is 0. The minimum atomic E-state index is -0.126. The third-order valence-corrected chi connectivity index (χ3v) is 22.6. The standard InChI is InChI=1S/C90H88BN3/c1-85(2,3)64-36-27-59(28-37-64)63-54-82-84-83(55-63)93(66-40-31-58(32-41-66)61-34-44-73-75(52-61)90(13,14)50-48-88(73,9)10)81-56-67(94-78-25-19-16-22-69(78)70-23-17-20-26-79(70)94)42-45-76(81)91(84)77-53-62(68-21-15-18-24-71(68)86(4,5)6)35-46-80(77)92(82)65-38-29-57(30-39-65)60-33-43-72-74(51-60)89(11,12)49-47-87(72,7)8/h15-46,51-56H,47-50H2,1-14H3. The van der Waals surface area contributed by atoms with Crippen molar-refractivity contribution in [3.8, 4) is 50.2 Å². The van der Waals surface area contributed by atoms with Crippen LogP contribution in [0.5, 0.6) is 0 Å². The van der Waals surface area contributed by atoms with Crippen LogP contribution in [0.1, 0.15) is 156 Å². The molecular formula is C90H88BN3. The highest BCUT2D eigenvalue weighted by Gasteiger charge is 2.45. The molecule has 1 aromatic heterocycles. The fourth-order valence-corrected chi connectivity index (χ4v) is 16.9. The molecular weight excluding hydrogens is 1130 g/mol. The molecule has 466 valence electrons. The van der Waals surface area contributed by atoms with Crippen molar-refractivity contribution in [3.63, 3.8) is 0 Å². The molecule has 0 radical (unpaired) electrons. The molecule has 0 saturated carbocycles. The van der Waals surface area contributed by atoms with E-state index in [1.54, 1.807) is 0 Å². The molecule has 0 amide bonds. The van der Waals surface area contributed by atoms with Crippen LogP contribution in [0.25, 0.3) is 72.0 Å². The first-order valence-electron chi connectivity index (χ1n) is 34.6. The topological polar surface area (TPSA) is 11.4 Å². The second-order valence-corrected chi connectivity index (χ2v) is 32.7. The molecule has 0 atom stereocenters. The van der Waals surface area contributed by atoms with Crippen molar-refractivity contribution in [2.75, 3.05) is 9.80 Å². The normalized spacial score (nSPS) is 16.5. The summed E-state index contributed by atoms with van der Waals surface area (Å²) in [6.07, 6.45) is 4.75. The van der Waals surface area contributed by atoms with Crippen molar-refractivity contribution in [2.45, 2.75) is 155 Å². The van der Waals surface area contributed by atoms with E-state index in [-0.39, 0.29) is 39.2 Å². The van der Waals surface area contributed by atoms with Gasteiger partial charge in [-0.1, -0.05) is 261 Å². The Balaban J connectivity index is 0.959. The zero-order valence-electron chi connectivity index (χ0n) is 57.7. The first-order valence-corrected chi connectivity index (χ1v) is 34.6. The molecule has 0 saturated heterocycles. The number of para-hydroxylation sites is 2. The minimum Gasteiger partial charge on any atom is -0.311 e. The predicted octanol–water partition coefficient (Wildman–Crippen LogP) is 22.8. The van der Waals surface area contributed by atoms with Gasteiger partial charge in [-0.25, -0.2) is 0 Å². The third-order valence-electron chi connectivity index (χ3n) is 22.6. The van der Waals surface area contributed by atoms with Crippen molar-refractivity contribution >= 4 is 79.0 Å². The summed E-state index contributed by atoms with van der Waals surface area (Å²) in [4.78, 5) is 5.23. The smallest absolute Gasteiger partial charge is 0.252 e. The monoisotopic (exact) mass is 1220 g/mol. The Labute approximate surface area is 559 Å². The molecule has 2 aliphatic heterocycles. The van der Waals surface area contributed by atoms with E-state index >= 15 is 0 Å². The van der Waals surface area contributed by atoms with Crippen LogP contribution in [0, 0.1) is 0 Å². The third kappa shape index (κ3) is 9.66. The highest BCUT2D eigenvalue weighted by atomic mass is 15.2. The second-order valence-electron chi connectivity index (χ2n) is 32.7. The van der Waals surface area contributed by atoms with Crippen molar-refractivity contribution in [1.29, 1.82) is 0 Å². The molecule has 0 unspecified atom stereocenters. The number of fused-ring (bicyclic) bond motifs is 9. The summed E-state index contributed by atoms with van der Waals surface area (Å²) < 4.78 is 2.49. The van der Waals surface area contributed by atoms with Gasteiger partial charge < -0.3 is 14.4 Å². The maximum atomic E-state index is 2.63. The van der Waals surface area contributed by atoms with Gasteiger partial charge in [0.1, 0.15) is 0 Å². The molecule has 0 bridgehead atoms. The number of rotatable bonds is 7. The van der Waals surface area contributed by atoms with Gasteiger partial charge >= 0.3 is 0 Å². The molecule has 11 aromatic carbocycles. The van der Waals surface area contributed by atoms with Crippen LogP contribution in [0.15, 0.2) is 231 Å². The zero-order valence-corrected chi connectivity index (χ0v) is 57.7. The van der Waals surface area contributed by atoms with Gasteiger partial charge in [0.25, 0.3) is 6.71 Å². The molecule has 16 rings (SSSR count). The molecule has 0 fully saturated rings. The van der Waals surface area contributed by atoms with Crippen molar-refractivity contribution < 1.29 is 0 Å². The first kappa shape index (κ1) is 59.9. The molecule has 94 heavy (non-hydrogen) atoms. The molecule has 3 nitrogen and oxygen atoms in total. The molecule has 2 aliphatic carbocycles. The van der Waals surface area contributed by atoms with Crippen molar-refractivity contribution in [2.24, 2.45) is 0 Å². The van der Waals surface area contributed by atoms with Crippen LogP contribution < -0.4 is 26.2 Å². The maximum Gasteiger partial charge on any atom is 0.252 e.